The lowest BCUT2D eigenvalue weighted by atomic mass is 10.6. The molecule has 0 spiro atoms. The Labute approximate surface area is 131 Å². The third kappa shape index (κ3) is 6.48. The average molecular weight is 375 g/mol. The van der Waals surface area contributed by atoms with E-state index in [1.54, 1.807) is 42.1 Å². The van der Waals surface area contributed by atoms with E-state index in [2.05, 4.69) is 15.9 Å². The van der Waals surface area contributed by atoms with Crippen LogP contribution in [0.25, 0.3) is 0 Å². The summed E-state index contributed by atoms with van der Waals surface area (Å²) in [6.07, 6.45) is -0.598. The molecule has 0 aromatic heterocycles. The molecular weight excluding hydrogens is 348 g/mol. The van der Waals surface area contributed by atoms with E-state index >= 15 is 0 Å². The predicted molar refractivity (Wildman–Crippen MR) is 81.4 cm³/mol. The molecular formula is C12H27BrO6Si. The molecule has 0 aliphatic carbocycles. The van der Waals surface area contributed by atoms with Crippen LogP contribution in [0.4, 0.5) is 0 Å². The predicted octanol–water partition coefficient (Wildman–Crippen LogP) is 2.67. The molecule has 0 aromatic carbocycles. The van der Waals surface area contributed by atoms with Gasteiger partial charge in [0, 0.05) is 21.3 Å². The van der Waals surface area contributed by atoms with E-state index in [9.17, 15) is 0 Å². The first-order chi connectivity index (χ1) is 9.34. The molecule has 4 unspecified atom stereocenters. The summed E-state index contributed by atoms with van der Waals surface area (Å²) in [4.78, 5) is 0. The monoisotopic (exact) mass is 374 g/mol. The van der Waals surface area contributed by atoms with Crippen LogP contribution in [-0.2, 0) is 27.5 Å². The quantitative estimate of drug-likeness (QED) is 0.314. The van der Waals surface area contributed by atoms with Crippen LogP contribution in [0.1, 0.15) is 34.1 Å². The van der Waals surface area contributed by atoms with Crippen LogP contribution in [0.2, 0.25) is 0 Å². The molecule has 0 aliphatic heterocycles. The summed E-state index contributed by atoms with van der Waals surface area (Å²) in [5.74, 6) is 0. The lowest BCUT2D eigenvalue weighted by molar-refractivity contribution is -0.163. The molecule has 4 atom stereocenters. The summed E-state index contributed by atoms with van der Waals surface area (Å²) in [6.45, 7) is 7.39. The Morgan fingerprint density at radius 1 is 0.800 bits per heavy atom. The third-order valence-corrected chi connectivity index (χ3v) is 8.22. The Morgan fingerprint density at radius 3 is 1.30 bits per heavy atom. The summed E-state index contributed by atoms with van der Waals surface area (Å²) in [5, 5.41) is 0. The second kappa shape index (κ2) is 10.2. The molecule has 20 heavy (non-hydrogen) atoms. The number of hydrogen-bond acceptors (Lipinski definition) is 6. The van der Waals surface area contributed by atoms with Gasteiger partial charge in [-0.25, -0.2) is 0 Å². The lowest BCUT2D eigenvalue weighted by Gasteiger charge is -2.37. The van der Waals surface area contributed by atoms with Gasteiger partial charge >= 0.3 is 8.80 Å². The minimum Gasteiger partial charge on any atom is -0.357 e. The Kier molecular flexibility index (Phi) is 10.5. The SMILES string of the molecule is CCC(Br)[Si](OC(C)OC)(OC(C)OC)OC(C)OC. The van der Waals surface area contributed by atoms with Crippen LogP contribution in [0.15, 0.2) is 0 Å². The fraction of sp³-hybridized carbons (Fsp3) is 1.00. The highest BCUT2D eigenvalue weighted by Gasteiger charge is 2.52. The normalized spacial score (nSPS) is 21.0. The minimum absolute atomic E-state index is 0.0946. The second-order valence-electron chi connectivity index (χ2n) is 4.24. The van der Waals surface area contributed by atoms with Crippen molar-refractivity contribution in [2.75, 3.05) is 21.3 Å². The molecule has 6 nitrogen and oxygen atoms in total. The molecule has 0 saturated carbocycles. The van der Waals surface area contributed by atoms with Gasteiger partial charge in [0.15, 0.2) is 0 Å². The zero-order valence-electron chi connectivity index (χ0n) is 13.3. The second-order valence-corrected chi connectivity index (χ2v) is 8.80. The largest absolute Gasteiger partial charge is 0.521 e. The van der Waals surface area contributed by atoms with Gasteiger partial charge < -0.3 is 27.5 Å². The van der Waals surface area contributed by atoms with Gasteiger partial charge in [-0.2, -0.15) is 0 Å². The Bertz CT molecular complexity index is 227. The molecule has 8 heteroatoms. The van der Waals surface area contributed by atoms with Crippen molar-refractivity contribution in [1.82, 2.24) is 0 Å². The molecule has 0 rings (SSSR count). The van der Waals surface area contributed by atoms with Crippen LogP contribution in [0, 0.1) is 0 Å². The first-order valence-corrected chi connectivity index (χ1v) is 9.32. The molecule has 0 amide bonds. The Balaban J connectivity index is 5.26. The highest BCUT2D eigenvalue weighted by Crippen LogP contribution is 2.28. The number of hydrogen-bond donors (Lipinski definition) is 0. The summed E-state index contributed by atoms with van der Waals surface area (Å²) in [5.41, 5.74) is 0. The van der Waals surface area contributed by atoms with Gasteiger partial charge in [-0.3, -0.25) is 0 Å². The topological polar surface area (TPSA) is 55.4 Å². The molecule has 0 heterocycles. The summed E-state index contributed by atoms with van der Waals surface area (Å²) in [6, 6.07) is 0. The van der Waals surface area contributed by atoms with Crippen LogP contribution in [0.5, 0.6) is 0 Å². The summed E-state index contributed by atoms with van der Waals surface area (Å²) in [7, 11) is 1.59. The smallest absolute Gasteiger partial charge is 0.357 e. The summed E-state index contributed by atoms with van der Waals surface area (Å²) < 4.78 is 33.3. The highest BCUT2D eigenvalue weighted by atomic mass is 79.9. The number of ether oxygens (including phenoxy) is 3. The van der Waals surface area contributed by atoms with Gasteiger partial charge in [0.05, 0.1) is 4.45 Å². The molecule has 122 valence electrons. The van der Waals surface area contributed by atoms with Crippen molar-refractivity contribution in [3.05, 3.63) is 0 Å². The lowest BCUT2D eigenvalue weighted by Crippen LogP contribution is -2.59. The maximum Gasteiger partial charge on any atom is 0.521 e. The minimum atomic E-state index is -3.11. The maximum absolute atomic E-state index is 5.95. The van der Waals surface area contributed by atoms with E-state index in [0.29, 0.717) is 0 Å². The first kappa shape index (κ1) is 20.5. The molecule has 0 aliphatic rings. The molecule has 0 aromatic rings. The molecule has 0 fully saturated rings. The van der Waals surface area contributed by atoms with Crippen molar-refractivity contribution in [2.24, 2.45) is 0 Å². The number of alkyl halides is 1. The van der Waals surface area contributed by atoms with Crippen LogP contribution in [-0.4, -0.2) is 53.5 Å². The van der Waals surface area contributed by atoms with Crippen molar-refractivity contribution in [1.29, 1.82) is 0 Å². The average Bonchev–Trinajstić information content (AvgIpc) is 2.45. The van der Waals surface area contributed by atoms with E-state index in [1.807, 2.05) is 6.92 Å². The van der Waals surface area contributed by atoms with E-state index in [4.69, 9.17) is 27.5 Å². The van der Waals surface area contributed by atoms with E-state index < -0.39 is 27.7 Å². The fourth-order valence-corrected chi connectivity index (χ4v) is 5.15. The van der Waals surface area contributed by atoms with Crippen molar-refractivity contribution in [3.63, 3.8) is 0 Å². The fourth-order valence-electron chi connectivity index (χ4n) is 1.39. The molecule has 0 bridgehead atoms. The zero-order chi connectivity index (χ0) is 15.8. The van der Waals surface area contributed by atoms with Crippen molar-refractivity contribution >= 4 is 24.7 Å². The van der Waals surface area contributed by atoms with Gasteiger partial charge in [-0.1, -0.05) is 22.9 Å². The van der Waals surface area contributed by atoms with Crippen molar-refractivity contribution in [2.45, 2.75) is 57.4 Å². The van der Waals surface area contributed by atoms with Crippen molar-refractivity contribution in [3.8, 4) is 0 Å². The van der Waals surface area contributed by atoms with Gasteiger partial charge in [0.1, 0.15) is 18.9 Å². The van der Waals surface area contributed by atoms with Gasteiger partial charge in [-0.15, -0.1) is 0 Å². The van der Waals surface area contributed by atoms with Crippen LogP contribution in [0.3, 0.4) is 0 Å². The van der Waals surface area contributed by atoms with Gasteiger partial charge in [0.25, 0.3) is 0 Å². The number of halogens is 1. The Hall–Kier alpha value is 0.457. The number of methoxy groups -OCH3 is 3. The molecule has 0 saturated heterocycles. The molecule has 0 radical (unpaired) electrons. The molecule has 0 N–H and O–H groups in total. The van der Waals surface area contributed by atoms with Crippen molar-refractivity contribution < 1.29 is 27.5 Å². The standard InChI is InChI=1S/C12H27BrO6Si/c1-8-12(13)20(17-9(2)14-5,18-10(3)15-6)19-11(4)16-7/h9-12H,8H2,1-7H3. The van der Waals surface area contributed by atoms with E-state index in [-0.39, 0.29) is 4.45 Å². The van der Waals surface area contributed by atoms with Crippen LogP contribution >= 0.6 is 15.9 Å². The first-order valence-electron chi connectivity index (χ1n) is 6.61. The third-order valence-electron chi connectivity index (χ3n) is 2.73. The van der Waals surface area contributed by atoms with Crippen LogP contribution < -0.4 is 0 Å². The van der Waals surface area contributed by atoms with Gasteiger partial charge in [-0.05, 0) is 27.2 Å². The summed E-state index contributed by atoms with van der Waals surface area (Å²) >= 11 is 3.59. The van der Waals surface area contributed by atoms with Gasteiger partial charge in [0.2, 0.25) is 0 Å². The maximum atomic E-state index is 5.95. The Morgan fingerprint density at radius 2 is 1.10 bits per heavy atom. The number of rotatable bonds is 11. The van der Waals surface area contributed by atoms with E-state index in [0.717, 1.165) is 6.42 Å². The van der Waals surface area contributed by atoms with E-state index in [1.165, 1.54) is 0 Å². The zero-order valence-corrected chi connectivity index (χ0v) is 15.9. The highest BCUT2D eigenvalue weighted by molar-refractivity contribution is 9.10.